The Balaban J connectivity index is 4.65. The number of carbonyl (C=O) groups excluding carboxylic acids is 2. The molecule has 6 heteroatoms. The van der Waals surface area contributed by atoms with Gasteiger partial charge in [-0.3, -0.25) is 9.59 Å². The lowest BCUT2D eigenvalue weighted by molar-refractivity contribution is -0.151. The van der Waals surface area contributed by atoms with Gasteiger partial charge in [0.05, 0.1) is 25.2 Å². The van der Waals surface area contributed by atoms with Crippen molar-refractivity contribution in [1.82, 2.24) is 5.32 Å². The largest absolute Gasteiger partial charge is 0.462 e. The van der Waals surface area contributed by atoms with Crippen LogP contribution < -0.4 is 5.32 Å². The molecule has 3 atom stereocenters. The molecule has 3 N–H and O–H groups in total. The Hall–Kier alpha value is -2.44. The van der Waals surface area contributed by atoms with E-state index in [1.54, 1.807) is 0 Å². The molecular weight excluding hydrogens is 683 g/mol. The molecule has 0 rings (SSSR count). The zero-order valence-electron chi connectivity index (χ0n) is 36.0. The van der Waals surface area contributed by atoms with Gasteiger partial charge in [0.25, 0.3) is 0 Å². The van der Waals surface area contributed by atoms with Crippen molar-refractivity contribution in [2.45, 2.75) is 232 Å². The van der Waals surface area contributed by atoms with Gasteiger partial charge in [-0.25, -0.2) is 0 Å². The maximum absolute atomic E-state index is 13.1. The van der Waals surface area contributed by atoms with E-state index >= 15 is 0 Å². The Morgan fingerprint density at radius 1 is 0.545 bits per heavy atom. The molecule has 0 fully saturated rings. The van der Waals surface area contributed by atoms with E-state index in [4.69, 9.17) is 4.74 Å². The second-order valence-corrected chi connectivity index (χ2v) is 15.4. The van der Waals surface area contributed by atoms with Gasteiger partial charge in [0.1, 0.15) is 6.10 Å². The lowest BCUT2D eigenvalue weighted by Crippen LogP contribution is -2.46. The molecular formula is C49H87NO5. The van der Waals surface area contributed by atoms with Crippen molar-refractivity contribution in [2.75, 3.05) is 6.61 Å². The summed E-state index contributed by atoms with van der Waals surface area (Å²) in [6, 6.07) is -0.710. The topological polar surface area (TPSA) is 95.9 Å². The van der Waals surface area contributed by atoms with Crippen molar-refractivity contribution in [2.24, 2.45) is 0 Å². The van der Waals surface area contributed by atoms with E-state index in [1.165, 1.54) is 57.8 Å². The number of allylic oxidation sites excluding steroid dienone is 10. The van der Waals surface area contributed by atoms with E-state index in [2.05, 4.69) is 86.8 Å². The van der Waals surface area contributed by atoms with Crippen LogP contribution in [0, 0.1) is 0 Å². The molecule has 0 aliphatic rings. The molecule has 0 aromatic rings. The lowest BCUT2D eigenvalue weighted by atomic mass is 10.0. The van der Waals surface area contributed by atoms with E-state index in [0.29, 0.717) is 19.3 Å². The first-order valence-corrected chi connectivity index (χ1v) is 23.0. The first-order valence-electron chi connectivity index (χ1n) is 23.0. The van der Waals surface area contributed by atoms with Gasteiger partial charge in [0.2, 0.25) is 5.91 Å². The highest BCUT2D eigenvalue weighted by Gasteiger charge is 2.24. The summed E-state index contributed by atoms with van der Waals surface area (Å²) in [6.07, 6.45) is 51.4. The molecule has 0 aromatic carbocycles. The van der Waals surface area contributed by atoms with Crippen molar-refractivity contribution in [3.8, 4) is 0 Å². The second kappa shape index (κ2) is 42.7. The molecule has 0 heterocycles. The van der Waals surface area contributed by atoms with Gasteiger partial charge >= 0.3 is 5.97 Å². The highest BCUT2D eigenvalue weighted by Crippen LogP contribution is 2.17. The van der Waals surface area contributed by atoms with Crippen LogP contribution >= 0.6 is 0 Å². The number of ether oxygens (including phenoxy) is 1. The minimum absolute atomic E-state index is 0.0570. The van der Waals surface area contributed by atoms with Gasteiger partial charge in [-0.15, -0.1) is 0 Å². The number of esters is 1. The predicted molar refractivity (Wildman–Crippen MR) is 236 cm³/mol. The quantitative estimate of drug-likeness (QED) is 0.0328. The van der Waals surface area contributed by atoms with E-state index in [0.717, 1.165) is 109 Å². The van der Waals surface area contributed by atoms with Crippen molar-refractivity contribution in [1.29, 1.82) is 0 Å². The van der Waals surface area contributed by atoms with E-state index in [-0.39, 0.29) is 24.9 Å². The maximum atomic E-state index is 13.1. The summed E-state index contributed by atoms with van der Waals surface area (Å²) in [6.45, 7) is 6.23. The Bertz CT molecular complexity index is 999. The molecule has 6 nitrogen and oxygen atoms in total. The molecule has 0 aromatic heterocycles. The Morgan fingerprint density at radius 3 is 1.49 bits per heavy atom. The van der Waals surface area contributed by atoms with Crippen LogP contribution in [0.5, 0.6) is 0 Å². The number of aliphatic hydroxyl groups is 2. The van der Waals surface area contributed by atoms with Crippen LogP contribution in [0.2, 0.25) is 0 Å². The van der Waals surface area contributed by atoms with E-state index in [9.17, 15) is 19.8 Å². The summed E-state index contributed by atoms with van der Waals surface area (Å²) in [5.74, 6) is -0.519. The maximum Gasteiger partial charge on any atom is 0.306 e. The normalized spacial score (nSPS) is 13.9. The molecule has 55 heavy (non-hydrogen) atoms. The van der Waals surface area contributed by atoms with Crippen molar-refractivity contribution < 1.29 is 24.5 Å². The Kier molecular flexibility index (Phi) is 40.8. The first kappa shape index (κ1) is 52.6. The molecule has 0 radical (unpaired) electrons. The van der Waals surface area contributed by atoms with Gasteiger partial charge in [-0.2, -0.15) is 0 Å². The molecule has 1 amide bonds. The molecule has 0 spiro atoms. The predicted octanol–water partition coefficient (Wildman–Crippen LogP) is 13.3. The summed E-state index contributed by atoms with van der Waals surface area (Å²) < 4.78 is 5.89. The smallest absolute Gasteiger partial charge is 0.306 e. The van der Waals surface area contributed by atoms with Crippen LogP contribution in [0.25, 0.3) is 0 Å². The van der Waals surface area contributed by atoms with Crippen LogP contribution in [0.1, 0.15) is 213 Å². The van der Waals surface area contributed by atoms with Gasteiger partial charge < -0.3 is 20.3 Å². The Labute approximate surface area is 339 Å². The first-order chi connectivity index (χ1) is 27.0. The molecule has 3 unspecified atom stereocenters. The number of hydrogen-bond acceptors (Lipinski definition) is 5. The molecule has 318 valence electrons. The number of aliphatic hydroxyl groups excluding tert-OH is 2. The average molecular weight is 770 g/mol. The number of rotatable bonds is 40. The van der Waals surface area contributed by atoms with Gasteiger partial charge in [-0.05, 0) is 83.5 Å². The number of hydrogen-bond donors (Lipinski definition) is 3. The Morgan fingerprint density at radius 2 is 0.982 bits per heavy atom. The lowest BCUT2D eigenvalue weighted by Gasteiger charge is -2.24. The van der Waals surface area contributed by atoms with Crippen molar-refractivity contribution in [3.63, 3.8) is 0 Å². The van der Waals surface area contributed by atoms with Crippen LogP contribution in [-0.2, 0) is 14.3 Å². The van der Waals surface area contributed by atoms with Crippen LogP contribution in [0.15, 0.2) is 60.8 Å². The van der Waals surface area contributed by atoms with E-state index in [1.807, 2.05) is 0 Å². The van der Waals surface area contributed by atoms with Gasteiger partial charge in [0.15, 0.2) is 0 Å². The van der Waals surface area contributed by atoms with E-state index < -0.39 is 18.2 Å². The summed E-state index contributed by atoms with van der Waals surface area (Å²) in [5.41, 5.74) is 0. The standard InChI is InChI=1S/C49H87NO5/c1-4-7-10-13-16-19-22-24-25-27-30-33-36-39-42-49(54)55-45(40-37-34-31-28-26-23-20-17-14-11-8-5-2)43-48(53)50-46(44-51)47(52)41-38-35-32-29-21-18-15-12-9-6-3/h7-8,10-11,16-17,19-20,24-25,45-47,51-52H,4-6,9,12-15,18,21-23,26-44H2,1-3H3,(H,50,53)/b10-7+,11-8+,19-16+,20-17+,25-24+. The number of unbranched alkanes of at least 4 members (excludes halogenated alkanes) is 18. The van der Waals surface area contributed by atoms with Crippen molar-refractivity contribution in [3.05, 3.63) is 60.8 Å². The molecule has 0 aliphatic carbocycles. The number of carbonyl (C=O) groups is 2. The zero-order valence-corrected chi connectivity index (χ0v) is 36.0. The average Bonchev–Trinajstić information content (AvgIpc) is 3.18. The zero-order chi connectivity index (χ0) is 40.3. The summed E-state index contributed by atoms with van der Waals surface area (Å²) in [5, 5.41) is 23.6. The van der Waals surface area contributed by atoms with Gasteiger partial charge in [0, 0.05) is 6.42 Å². The van der Waals surface area contributed by atoms with Gasteiger partial charge in [-0.1, -0.05) is 178 Å². The fourth-order valence-corrected chi connectivity index (χ4v) is 6.66. The monoisotopic (exact) mass is 770 g/mol. The molecule has 0 aliphatic heterocycles. The summed E-state index contributed by atoms with van der Waals surface area (Å²) >= 11 is 0. The minimum atomic E-state index is -0.794. The van der Waals surface area contributed by atoms with Crippen LogP contribution in [0.3, 0.4) is 0 Å². The third-order valence-electron chi connectivity index (χ3n) is 10.1. The third kappa shape index (κ3) is 38.2. The summed E-state index contributed by atoms with van der Waals surface area (Å²) in [7, 11) is 0. The van der Waals surface area contributed by atoms with Crippen molar-refractivity contribution >= 4 is 11.9 Å². The number of nitrogens with one attached hydrogen (secondary N) is 1. The fraction of sp³-hybridized carbons (Fsp3) is 0.755. The molecule has 0 bridgehead atoms. The minimum Gasteiger partial charge on any atom is -0.462 e. The highest BCUT2D eigenvalue weighted by atomic mass is 16.5. The fourth-order valence-electron chi connectivity index (χ4n) is 6.66. The molecule has 0 saturated carbocycles. The summed E-state index contributed by atoms with van der Waals surface area (Å²) in [4.78, 5) is 26.0. The van der Waals surface area contributed by atoms with Crippen LogP contribution in [0.4, 0.5) is 0 Å². The second-order valence-electron chi connectivity index (χ2n) is 15.4. The highest BCUT2D eigenvalue weighted by molar-refractivity contribution is 5.77. The van der Waals surface area contributed by atoms with Crippen LogP contribution in [-0.4, -0.2) is 46.9 Å². The third-order valence-corrected chi connectivity index (χ3v) is 10.1. The SMILES string of the molecule is CC/C=C/C/C=C/C/C=C/CCCCCCC(=O)OC(CCCCCCC/C=C/C/C=C/CC)CC(=O)NC(CO)C(O)CCCCCCCCCCCC. The molecule has 0 saturated heterocycles. The number of amides is 1.